The normalized spacial score (nSPS) is 10.2. The molecule has 1 aromatic carbocycles. The number of ether oxygens (including phenoxy) is 1. The van der Waals surface area contributed by atoms with Crippen molar-refractivity contribution in [2.24, 2.45) is 0 Å². The number of methoxy groups -OCH3 is 1. The maximum Gasteiger partial charge on any atom is 0.156 e. The SMILES string of the molecule is CCc1ccc(OC)c(-c2nncnc2NC)c1. The van der Waals surface area contributed by atoms with Gasteiger partial charge in [-0.15, -0.1) is 10.2 Å². The van der Waals surface area contributed by atoms with E-state index in [1.165, 1.54) is 11.9 Å². The third-order valence-corrected chi connectivity index (χ3v) is 2.78. The lowest BCUT2D eigenvalue weighted by Gasteiger charge is -2.11. The van der Waals surface area contributed by atoms with Crippen molar-refractivity contribution < 1.29 is 4.74 Å². The van der Waals surface area contributed by atoms with Gasteiger partial charge in [-0.25, -0.2) is 4.98 Å². The van der Waals surface area contributed by atoms with Crippen LogP contribution in [0.1, 0.15) is 12.5 Å². The van der Waals surface area contributed by atoms with E-state index in [1.54, 1.807) is 7.11 Å². The highest BCUT2D eigenvalue weighted by Crippen LogP contribution is 2.32. The Bertz CT molecular complexity index is 542. The molecular weight excluding hydrogens is 228 g/mol. The highest BCUT2D eigenvalue weighted by molar-refractivity contribution is 5.76. The first-order valence-corrected chi connectivity index (χ1v) is 5.82. The molecule has 0 aliphatic heterocycles. The summed E-state index contributed by atoms with van der Waals surface area (Å²) in [6.45, 7) is 2.11. The van der Waals surface area contributed by atoms with Crippen LogP contribution >= 0.6 is 0 Å². The lowest BCUT2D eigenvalue weighted by molar-refractivity contribution is 0.416. The van der Waals surface area contributed by atoms with Gasteiger partial charge in [-0.1, -0.05) is 13.0 Å². The first kappa shape index (κ1) is 12.3. The quantitative estimate of drug-likeness (QED) is 0.893. The third-order valence-electron chi connectivity index (χ3n) is 2.78. The summed E-state index contributed by atoms with van der Waals surface area (Å²) in [7, 11) is 3.46. The van der Waals surface area contributed by atoms with Crippen LogP contribution in [0.3, 0.4) is 0 Å². The molecule has 0 fully saturated rings. The summed E-state index contributed by atoms with van der Waals surface area (Å²) in [5, 5.41) is 11.0. The number of nitrogens with one attached hydrogen (secondary N) is 1. The molecule has 0 aliphatic rings. The summed E-state index contributed by atoms with van der Waals surface area (Å²) in [5.74, 6) is 1.46. The van der Waals surface area contributed by atoms with Gasteiger partial charge in [0.25, 0.3) is 0 Å². The van der Waals surface area contributed by atoms with Crippen LogP contribution in [0.4, 0.5) is 5.82 Å². The fourth-order valence-electron chi connectivity index (χ4n) is 1.80. The molecule has 18 heavy (non-hydrogen) atoms. The molecule has 0 radical (unpaired) electrons. The van der Waals surface area contributed by atoms with Gasteiger partial charge < -0.3 is 10.1 Å². The summed E-state index contributed by atoms with van der Waals surface area (Å²) in [6.07, 6.45) is 2.38. The summed E-state index contributed by atoms with van der Waals surface area (Å²) in [4.78, 5) is 4.16. The van der Waals surface area contributed by atoms with Crippen LogP contribution in [0.15, 0.2) is 24.5 Å². The maximum atomic E-state index is 5.38. The molecule has 1 N–H and O–H groups in total. The van der Waals surface area contributed by atoms with Crippen molar-refractivity contribution >= 4 is 5.82 Å². The molecular formula is C13H16N4O. The molecule has 0 unspecified atom stereocenters. The Kier molecular flexibility index (Phi) is 3.72. The van der Waals surface area contributed by atoms with E-state index in [0.29, 0.717) is 11.5 Å². The topological polar surface area (TPSA) is 59.9 Å². The highest BCUT2D eigenvalue weighted by Gasteiger charge is 2.13. The number of anilines is 1. The number of hydrogen-bond donors (Lipinski definition) is 1. The summed E-state index contributed by atoms with van der Waals surface area (Å²) < 4.78 is 5.38. The molecule has 0 atom stereocenters. The van der Waals surface area contributed by atoms with Gasteiger partial charge in [0, 0.05) is 12.6 Å². The molecule has 0 bridgehead atoms. The van der Waals surface area contributed by atoms with Crippen molar-refractivity contribution in [2.45, 2.75) is 13.3 Å². The fourth-order valence-corrected chi connectivity index (χ4v) is 1.80. The Labute approximate surface area is 106 Å². The zero-order valence-electron chi connectivity index (χ0n) is 10.8. The summed E-state index contributed by atoms with van der Waals surface area (Å²) in [6, 6.07) is 6.05. The van der Waals surface area contributed by atoms with E-state index >= 15 is 0 Å². The zero-order valence-corrected chi connectivity index (χ0v) is 10.8. The van der Waals surface area contributed by atoms with Crippen molar-refractivity contribution in [1.82, 2.24) is 15.2 Å². The van der Waals surface area contributed by atoms with Crippen LogP contribution in [0.2, 0.25) is 0 Å². The Morgan fingerprint density at radius 2 is 2.17 bits per heavy atom. The first-order valence-electron chi connectivity index (χ1n) is 5.82. The molecule has 5 heteroatoms. The minimum absolute atomic E-state index is 0.691. The van der Waals surface area contributed by atoms with Crippen molar-refractivity contribution in [3.63, 3.8) is 0 Å². The second-order valence-corrected chi connectivity index (χ2v) is 3.80. The van der Waals surface area contributed by atoms with E-state index in [4.69, 9.17) is 4.74 Å². The van der Waals surface area contributed by atoms with E-state index in [-0.39, 0.29) is 0 Å². The Hall–Kier alpha value is -2.17. The minimum atomic E-state index is 0.691. The molecule has 2 rings (SSSR count). The summed E-state index contributed by atoms with van der Waals surface area (Å²) >= 11 is 0. The van der Waals surface area contributed by atoms with Crippen LogP contribution < -0.4 is 10.1 Å². The summed E-state index contributed by atoms with van der Waals surface area (Å²) in [5.41, 5.74) is 2.83. The van der Waals surface area contributed by atoms with Gasteiger partial charge in [-0.05, 0) is 24.1 Å². The first-order chi connectivity index (χ1) is 8.80. The number of aromatic nitrogens is 3. The molecule has 0 amide bonds. The molecule has 0 spiro atoms. The van der Waals surface area contributed by atoms with Gasteiger partial charge in [-0.3, -0.25) is 0 Å². The third kappa shape index (κ3) is 2.25. The molecule has 0 aliphatic carbocycles. The van der Waals surface area contributed by atoms with E-state index in [2.05, 4.69) is 33.5 Å². The molecule has 1 heterocycles. The monoisotopic (exact) mass is 244 g/mol. The van der Waals surface area contributed by atoms with Gasteiger partial charge in [0.1, 0.15) is 17.8 Å². The highest BCUT2D eigenvalue weighted by atomic mass is 16.5. The lowest BCUT2D eigenvalue weighted by atomic mass is 10.0. The second-order valence-electron chi connectivity index (χ2n) is 3.80. The molecule has 1 aromatic heterocycles. The number of rotatable bonds is 4. The Morgan fingerprint density at radius 1 is 1.33 bits per heavy atom. The van der Waals surface area contributed by atoms with Crippen molar-refractivity contribution in [1.29, 1.82) is 0 Å². The van der Waals surface area contributed by atoms with Gasteiger partial charge in [0.2, 0.25) is 0 Å². The molecule has 94 valence electrons. The largest absolute Gasteiger partial charge is 0.496 e. The van der Waals surface area contributed by atoms with Gasteiger partial charge in [-0.2, -0.15) is 0 Å². The number of benzene rings is 1. The van der Waals surface area contributed by atoms with E-state index < -0.39 is 0 Å². The van der Waals surface area contributed by atoms with Crippen LogP contribution in [0.25, 0.3) is 11.3 Å². The van der Waals surface area contributed by atoms with E-state index in [1.807, 2.05) is 19.2 Å². The molecule has 0 saturated carbocycles. The Morgan fingerprint density at radius 3 is 2.83 bits per heavy atom. The fraction of sp³-hybridized carbons (Fsp3) is 0.308. The van der Waals surface area contributed by atoms with Crippen molar-refractivity contribution in [3.8, 4) is 17.0 Å². The number of aryl methyl sites for hydroxylation is 1. The number of hydrogen-bond acceptors (Lipinski definition) is 5. The minimum Gasteiger partial charge on any atom is -0.496 e. The lowest BCUT2D eigenvalue weighted by Crippen LogP contribution is -2.01. The van der Waals surface area contributed by atoms with Crippen LogP contribution in [0, 0.1) is 0 Å². The standard InChI is InChI=1S/C13H16N4O/c1-4-9-5-6-11(18-3)10(7-9)12-13(14-2)15-8-16-17-12/h5-8H,4H2,1-3H3,(H,14,15,16). The predicted molar refractivity (Wildman–Crippen MR) is 70.7 cm³/mol. The van der Waals surface area contributed by atoms with Gasteiger partial charge in [0.15, 0.2) is 5.82 Å². The van der Waals surface area contributed by atoms with Gasteiger partial charge in [0.05, 0.1) is 7.11 Å². The van der Waals surface area contributed by atoms with Crippen LogP contribution in [0.5, 0.6) is 5.75 Å². The van der Waals surface area contributed by atoms with Crippen molar-refractivity contribution in [3.05, 3.63) is 30.1 Å². The second kappa shape index (κ2) is 5.44. The zero-order chi connectivity index (χ0) is 13.0. The predicted octanol–water partition coefficient (Wildman–Crippen LogP) is 2.15. The molecule has 2 aromatic rings. The Balaban J connectivity index is 2.60. The van der Waals surface area contributed by atoms with Crippen LogP contribution in [-0.4, -0.2) is 29.3 Å². The van der Waals surface area contributed by atoms with Crippen molar-refractivity contribution in [2.75, 3.05) is 19.5 Å². The molecule has 5 nitrogen and oxygen atoms in total. The average Bonchev–Trinajstić information content (AvgIpc) is 2.46. The van der Waals surface area contributed by atoms with E-state index in [0.717, 1.165) is 17.7 Å². The van der Waals surface area contributed by atoms with Gasteiger partial charge >= 0.3 is 0 Å². The number of nitrogens with zero attached hydrogens (tertiary/aromatic N) is 3. The smallest absolute Gasteiger partial charge is 0.156 e. The van der Waals surface area contributed by atoms with E-state index in [9.17, 15) is 0 Å². The average molecular weight is 244 g/mol. The van der Waals surface area contributed by atoms with Crippen LogP contribution in [-0.2, 0) is 6.42 Å². The maximum absolute atomic E-state index is 5.38. The molecule has 0 saturated heterocycles.